The highest BCUT2D eigenvalue weighted by Gasteiger charge is 2.51. The summed E-state index contributed by atoms with van der Waals surface area (Å²) in [7, 11) is 1.34. The Morgan fingerprint density at radius 3 is 2.62 bits per heavy atom. The van der Waals surface area contributed by atoms with Gasteiger partial charge in [-0.1, -0.05) is 0 Å². The van der Waals surface area contributed by atoms with Crippen molar-refractivity contribution in [1.82, 2.24) is 5.32 Å². The molecule has 2 N–H and O–H groups in total. The van der Waals surface area contributed by atoms with E-state index in [-0.39, 0.29) is 5.97 Å². The summed E-state index contributed by atoms with van der Waals surface area (Å²) in [6.45, 7) is 4.63. The highest BCUT2D eigenvalue weighted by atomic mass is 16.5. The molecule has 0 aromatic heterocycles. The number of carbonyl (C=O) groups excluding carboxylic acids is 1. The molecule has 13 heavy (non-hydrogen) atoms. The molecule has 0 amide bonds. The molecule has 1 aliphatic heterocycles. The Morgan fingerprint density at radius 2 is 2.23 bits per heavy atom. The van der Waals surface area contributed by atoms with Crippen molar-refractivity contribution in [1.29, 1.82) is 0 Å². The summed E-state index contributed by atoms with van der Waals surface area (Å²) in [5.74, 6) is -0.362. The van der Waals surface area contributed by atoms with Gasteiger partial charge in [-0.25, -0.2) is 0 Å². The summed E-state index contributed by atoms with van der Waals surface area (Å²) in [6, 6.07) is 0. The van der Waals surface area contributed by atoms with Crippen molar-refractivity contribution in [3.8, 4) is 0 Å². The fraction of sp³-hybridized carbons (Fsp3) is 0.889. The van der Waals surface area contributed by atoms with Crippen LogP contribution in [0.15, 0.2) is 0 Å². The van der Waals surface area contributed by atoms with Gasteiger partial charge in [-0.3, -0.25) is 4.79 Å². The molecule has 0 radical (unpaired) electrons. The number of rotatable bonds is 2. The van der Waals surface area contributed by atoms with Gasteiger partial charge in [-0.2, -0.15) is 0 Å². The number of aliphatic hydroxyl groups is 1. The first kappa shape index (κ1) is 10.5. The third-order valence-corrected chi connectivity index (χ3v) is 2.99. The van der Waals surface area contributed by atoms with Crippen molar-refractivity contribution in [2.24, 2.45) is 5.41 Å². The van der Waals surface area contributed by atoms with E-state index in [4.69, 9.17) is 0 Å². The first-order valence-corrected chi connectivity index (χ1v) is 4.45. The Morgan fingerprint density at radius 1 is 1.62 bits per heavy atom. The van der Waals surface area contributed by atoms with Crippen molar-refractivity contribution >= 4 is 5.97 Å². The summed E-state index contributed by atoms with van der Waals surface area (Å²) < 4.78 is 4.67. The van der Waals surface area contributed by atoms with E-state index < -0.39 is 11.0 Å². The summed E-state index contributed by atoms with van der Waals surface area (Å²) >= 11 is 0. The van der Waals surface area contributed by atoms with Gasteiger partial charge in [-0.05, 0) is 26.8 Å². The maximum atomic E-state index is 11.4. The second-order valence-corrected chi connectivity index (χ2v) is 4.07. The molecule has 0 aromatic rings. The largest absolute Gasteiger partial charge is 0.469 e. The lowest BCUT2D eigenvalue weighted by Crippen LogP contribution is -2.51. The van der Waals surface area contributed by atoms with Crippen LogP contribution in [0.4, 0.5) is 0 Å². The summed E-state index contributed by atoms with van der Waals surface area (Å²) in [5, 5.41) is 13.2. The Hall–Kier alpha value is -0.610. The SMILES string of the molecule is COC(=O)C(C)(C)C1(O)CCNC1. The molecule has 0 bridgehead atoms. The van der Waals surface area contributed by atoms with Gasteiger partial charge < -0.3 is 15.2 Å². The number of ether oxygens (including phenoxy) is 1. The van der Waals surface area contributed by atoms with Crippen LogP contribution < -0.4 is 5.32 Å². The van der Waals surface area contributed by atoms with Crippen molar-refractivity contribution in [3.63, 3.8) is 0 Å². The minimum absolute atomic E-state index is 0.362. The smallest absolute Gasteiger partial charge is 0.314 e. The fourth-order valence-electron chi connectivity index (χ4n) is 1.66. The van der Waals surface area contributed by atoms with E-state index in [2.05, 4.69) is 10.1 Å². The maximum Gasteiger partial charge on any atom is 0.314 e. The second-order valence-electron chi connectivity index (χ2n) is 4.07. The molecular formula is C9H17NO3. The van der Waals surface area contributed by atoms with Crippen LogP contribution in [0.25, 0.3) is 0 Å². The lowest BCUT2D eigenvalue weighted by atomic mass is 9.74. The molecule has 0 spiro atoms. The van der Waals surface area contributed by atoms with E-state index >= 15 is 0 Å². The molecule has 0 aromatic carbocycles. The third-order valence-electron chi connectivity index (χ3n) is 2.99. The van der Waals surface area contributed by atoms with Crippen LogP contribution in [0, 0.1) is 5.41 Å². The number of hydrogen-bond donors (Lipinski definition) is 2. The number of hydrogen-bond acceptors (Lipinski definition) is 4. The van der Waals surface area contributed by atoms with Crippen molar-refractivity contribution in [3.05, 3.63) is 0 Å². The maximum absolute atomic E-state index is 11.4. The average molecular weight is 187 g/mol. The van der Waals surface area contributed by atoms with Crippen molar-refractivity contribution in [2.45, 2.75) is 25.9 Å². The fourth-order valence-corrected chi connectivity index (χ4v) is 1.66. The molecule has 1 unspecified atom stereocenters. The Kier molecular flexibility index (Phi) is 2.63. The number of esters is 1. The van der Waals surface area contributed by atoms with Crippen molar-refractivity contribution in [2.75, 3.05) is 20.2 Å². The van der Waals surface area contributed by atoms with E-state index in [1.54, 1.807) is 13.8 Å². The summed E-state index contributed by atoms with van der Waals surface area (Å²) in [6.07, 6.45) is 0.592. The molecule has 0 aliphatic carbocycles. The van der Waals surface area contributed by atoms with Crippen LogP contribution in [0.3, 0.4) is 0 Å². The van der Waals surface area contributed by atoms with Crippen molar-refractivity contribution < 1.29 is 14.6 Å². The first-order chi connectivity index (χ1) is 5.94. The van der Waals surface area contributed by atoms with Gasteiger partial charge in [0.05, 0.1) is 18.1 Å². The van der Waals surface area contributed by atoms with Crippen LogP contribution >= 0.6 is 0 Å². The van der Waals surface area contributed by atoms with Gasteiger partial charge in [0.2, 0.25) is 0 Å². The zero-order valence-corrected chi connectivity index (χ0v) is 8.39. The molecule has 4 nitrogen and oxygen atoms in total. The topological polar surface area (TPSA) is 58.6 Å². The average Bonchev–Trinajstić information content (AvgIpc) is 2.52. The number of β-amino-alcohol motifs (C(OH)–C–C–N with tert-alkyl or cyclic N) is 1. The molecule has 0 saturated carbocycles. The van der Waals surface area contributed by atoms with E-state index in [0.29, 0.717) is 13.0 Å². The van der Waals surface area contributed by atoms with Crippen LogP contribution in [0.5, 0.6) is 0 Å². The van der Waals surface area contributed by atoms with Crippen LogP contribution in [0.2, 0.25) is 0 Å². The van der Waals surface area contributed by atoms with Gasteiger partial charge in [0.25, 0.3) is 0 Å². The second kappa shape index (κ2) is 3.27. The minimum atomic E-state index is -0.972. The zero-order chi connectivity index (χ0) is 10.1. The summed E-state index contributed by atoms with van der Waals surface area (Å²) in [5.41, 5.74) is -1.81. The monoisotopic (exact) mass is 187 g/mol. The normalized spacial score (nSPS) is 28.9. The minimum Gasteiger partial charge on any atom is -0.469 e. The molecule has 1 atom stereocenters. The Bertz CT molecular complexity index is 207. The third kappa shape index (κ3) is 1.56. The van der Waals surface area contributed by atoms with Gasteiger partial charge >= 0.3 is 5.97 Å². The van der Waals surface area contributed by atoms with Gasteiger partial charge in [0.1, 0.15) is 0 Å². The molecule has 1 saturated heterocycles. The Balaban J connectivity index is 2.83. The molecule has 4 heteroatoms. The highest BCUT2D eigenvalue weighted by molar-refractivity contribution is 5.77. The molecular weight excluding hydrogens is 170 g/mol. The zero-order valence-electron chi connectivity index (χ0n) is 8.39. The molecule has 1 aliphatic rings. The summed E-state index contributed by atoms with van der Waals surface area (Å²) in [4.78, 5) is 11.4. The number of carbonyl (C=O) groups is 1. The van der Waals surface area contributed by atoms with Gasteiger partial charge in [-0.15, -0.1) is 0 Å². The molecule has 76 valence electrons. The lowest BCUT2D eigenvalue weighted by Gasteiger charge is -2.36. The van der Waals surface area contributed by atoms with Gasteiger partial charge in [0, 0.05) is 6.54 Å². The predicted molar refractivity (Wildman–Crippen MR) is 48.2 cm³/mol. The van der Waals surface area contributed by atoms with E-state index in [1.165, 1.54) is 7.11 Å². The molecule has 1 rings (SSSR count). The van der Waals surface area contributed by atoms with E-state index in [1.807, 2.05) is 0 Å². The lowest BCUT2D eigenvalue weighted by molar-refractivity contribution is -0.166. The van der Waals surface area contributed by atoms with Gasteiger partial charge in [0.15, 0.2) is 0 Å². The molecule has 1 heterocycles. The number of nitrogens with one attached hydrogen (secondary N) is 1. The standard InChI is InChI=1S/C9H17NO3/c1-8(2,7(11)13-3)9(12)4-5-10-6-9/h10,12H,4-6H2,1-3H3. The quantitative estimate of drug-likeness (QED) is 0.593. The Labute approximate surface area is 78.3 Å². The number of methoxy groups -OCH3 is 1. The van der Waals surface area contributed by atoms with Crippen LogP contribution in [-0.2, 0) is 9.53 Å². The van der Waals surface area contributed by atoms with Crippen LogP contribution in [0.1, 0.15) is 20.3 Å². The highest BCUT2D eigenvalue weighted by Crippen LogP contribution is 2.36. The van der Waals surface area contributed by atoms with Crippen LogP contribution in [-0.4, -0.2) is 36.9 Å². The molecule has 1 fully saturated rings. The first-order valence-electron chi connectivity index (χ1n) is 4.45. The van der Waals surface area contributed by atoms with E-state index in [0.717, 1.165) is 6.54 Å². The van der Waals surface area contributed by atoms with E-state index in [9.17, 15) is 9.90 Å². The predicted octanol–water partition coefficient (Wildman–Crippen LogP) is -0.0900.